The molecule has 0 unspecified atom stereocenters. The number of nitrogens with zero attached hydrogens (tertiary/aromatic N) is 1. The molecular formula is C16H17F3N2OS. The first-order chi connectivity index (χ1) is 10.8. The molecule has 1 aromatic heterocycles. The second kappa shape index (κ2) is 7.14. The average molecular weight is 342 g/mol. The molecule has 0 saturated heterocycles. The first-order valence-electron chi connectivity index (χ1n) is 6.98. The van der Waals surface area contributed by atoms with Crippen LogP contribution >= 0.6 is 11.3 Å². The molecule has 1 amide bonds. The van der Waals surface area contributed by atoms with Crippen molar-refractivity contribution in [1.82, 2.24) is 4.90 Å². The van der Waals surface area contributed by atoms with Crippen LogP contribution in [0.15, 0.2) is 41.8 Å². The van der Waals surface area contributed by atoms with Gasteiger partial charge >= 0.3 is 6.18 Å². The number of amides is 1. The van der Waals surface area contributed by atoms with Gasteiger partial charge in [-0.1, -0.05) is 18.2 Å². The number of likely N-dealkylation sites (N-methyl/N-ethyl adjacent to an activating group) is 1. The van der Waals surface area contributed by atoms with E-state index in [1.807, 2.05) is 24.4 Å². The van der Waals surface area contributed by atoms with Crippen LogP contribution in [-0.4, -0.2) is 24.4 Å². The van der Waals surface area contributed by atoms with Crippen molar-refractivity contribution >= 4 is 22.9 Å². The molecule has 0 saturated carbocycles. The predicted molar refractivity (Wildman–Crippen MR) is 85.4 cm³/mol. The van der Waals surface area contributed by atoms with Gasteiger partial charge in [0, 0.05) is 10.9 Å². The number of nitrogens with one attached hydrogen (secondary N) is 1. The highest BCUT2D eigenvalue weighted by atomic mass is 32.1. The second-order valence-electron chi connectivity index (χ2n) is 5.20. The van der Waals surface area contributed by atoms with Crippen LogP contribution in [0.3, 0.4) is 0 Å². The van der Waals surface area contributed by atoms with Crippen LogP contribution in [0.4, 0.5) is 18.9 Å². The SMILES string of the molecule is C[C@H](c1cccs1)N(C)CC(=O)Nc1ccccc1C(F)(F)F. The molecule has 0 spiro atoms. The van der Waals surface area contributed by atoms with Crippen molar-refractivity contribution in [2.75, 3.05) is 18.9 Å². The summed E-state index contributed by atoms with van der Waals surface area (Å²) in [6, 6.07) is 8.86. The summed E-state index contributed by atoms with van der Waals surface area (Å²) in [7, 11) is 1.76. The largest absolute Gasteiger partial charge is 0.418 e. The van der Waals surface area contributed by atoms with Crippen molar-refractivity contribution in [3.63, 3.8) is 0 Å². The number of anilines is 1. The van der Waals surface area contributed by atoms with Gasteiger partial charge in [-0.3, -0.25) is 9.69 Å². The topological polar surface area (TPSA) is 32.3 Å². The zero-order valence-electron chi connectivity index (χ0n) is 12.7. The van der Waals surface area contributed by atoms with Crippen molar-refractivity contribution < 1.29 is 18.0 Å². The number of benzene rings is 1. The van der Waals surface area contributed by atoms with E-state index in [1.165, 1.54) is 18.2 Å². The van der Waals surface area contributed by atoms with Crippen molar-refractivity contribution in [3.05, 3.63) is 52.2 Å². The summed E-state index contributed by atoms with van der Waals surface area (Å²) in [6.45, 7) is 1.95. The third kappa shape index (κ3) is 4.56. The molecule has 0 radical (unpaired) electrons. The van der Waals surface area contributed by atoms with Gasteiger partial charge < -0.3 is 5.32 Å². The fourth-order valence-corrected chi connectivity index (χ4v) is 2.99. The van der Waals surface area contributed by atoms with E-state index in [9.17, 15) is 18.0 Å². The first-order valence-corrected chi connectivity index (χ1v) is 7.86. The molecule has 0 aliphatic carbocycles. The number of carbonyl (C=O) groups excluding carboxylic acids is 1. The summed E-state index contributed by atoms with van der Waals surface area (Å²) in [5.41, 5.74) is -1.07. The highest BCUT2D eigenvalue weighted by Gasteiger charge is 2.33. The molecule has 1 aromatic carbocycles. The van der Waals surface area contributed by atoms with E-state index < -0.39 is 17.6 Å². The van der Waals surface area contributed by atoms with Crippen LogP contribution in [0.1, 0.15) is 23.4 Å². The summed E-state index contributed by atoms with van der Waals surface area (Å²) in [4.78, 5) is 14.9. The number of thiophene rings is 1. The number of carbonyl (C=O) groups is 1. The minimum Gasteiger partial charge on any atom is -0.324 e. The second-order valence-corrected chi connectivity index (χ2v) is 6.18. The summed E-state index contributed by atoms with van der Waals surface area (Å²) < 4.78 is 38.7. The van der Waals surface area contributed by atoms with E-state index in [0.29, 0.717) is 0 Å². The van der Waals surface area contributed by atoms with E-state index in [1.54, 1.807) is 23.3 Å². The van der Waals surface area contributed by atoms with Crippen LogP contribution in [0, 0.1) is 0 Å². The highest BCUT2D eigenvalue weighted by molar-refractivity contribution is 7.10. The molecule has 0 fully saturated rings. The van der Waals surface area contributed by atoms with Gasteiger partial charge in [-0.2, -0.15) is 13.2 Å². The number of hydrogen-bond acceptors (Lipinski definition) is 3. The number of alkyl halides is 3. The van der Waals surface area contributed by atoms with Gasteiger partial charge in [-0.25, -0.2) is 0 Å². The molecule has 23 heavy (non-hydrogen) atoms. The van der Waals surface area contributed by atoms with Gasteiger partial charge in [0.15, 0.2) is 0 Å². The Morgan fingerprint density at radius 1 is 1.26 bits per heavy atom. The van der Waals surface area contributed by atoms with Crippen molar-refractivity contribution in [2.45, 2.75) is 19.1 Å². The fraction of sp³-hybridized carbons (Fsp3) is 0.312. The summed E-state index contributed by atoms with van der Waals surface area (Å²) in [6.07, 6.45) is -4.50. The first kappa shape index (κ1) is 17.5. The van der Waals surface area contributed by atoms with E-state index in [-0.39, 0.29) is 18.3 Å². The maximum Gasteiger partial charge on any atom is 0.418 e. The Morgan fingerprint density at radius 2 is 1.96 bits per heavy atom. The lowest BCUT2D eigenvalue weighted by molar-refractivity contribution is -0.137. The molecule has 3 nitrogen and oxygen atoms in total. The Kier molecular flexibility index (Phi) is 5.43. The lowest BCUT2D eigenvalue weighted by atomic mass is 10.1. The molecule has 7 heteroatoms. The summed E-state index contributed by atoms with van der Waals surface area (Å²) in [5.74, 6) is -0.479. The van der Waals surface area contributed by atoms with Crippen LogP contribution in [0.2, 0.25) is 0 Å². The van der Waals surface area contributed by atoms with Crippen molar-refractivity contribution in [3.8, 4) is 0 Å². The Hall–Kier alpha value is -1.86. The number of para-hydroxylation sites is 1. The van der Waals surface area contributed by atoms with Gasteiger partial charge in [0.25, 0.3) is 0 Å². The monoisotopic (exact) mass is 342 g/mol. The van der Waals surface area contributed by atoms with E-state index in [0.717, 1.165) is 10.9 Å². The lowest BCUT2D eigenvalue weighted by Crippen LogP contribution is -2.32. The molecular weight excluding hydrogens is 325 g/mol. The minimum absolute atomic E-state index is 0.00522. The van der Waals surface area contributed by atoms with Crippen molar-refractivity contribution in [1.29, 1.82) is 0 Å². The van der Waals surface area contributed by atoms with Gasteiger partial charge in [0.2, 0.25) is 5.91 Å². The standard InChI is InChI=1S/C16H17F3N2OS/c1-11(14-8-5-9-23-14)21(2)10-15(22)20-13-7-4-3-6-12(13)16(17,18)19/h3-9,11H,10H2,1-2H3,(H,20,22)/t11-/m1/s1. The number of rotatable bonds is 5. The Balaban J connectivity index is 2.03. The van der Waals surface area contributed by atoms with E-state index >= 15 is 0 Å². The van der Waals surface area contributed by atoms with Gasteiger partial charge in [0.05, 0.1) is 17.8 Å². The maximum absolute atomic E-state index is 12.9. The smallest absolute Gasteiger partial charge is 0.324 e. The molecule has 1 N–H and O–H groups in total. The average Bonchev–Trinajstić information content (AvgIpc) is 2.99. The van der Waals surface area contributed by atoms with Gasteiger partial charge in [-0.15, -0.1) is 11.3 Å². The normalized spacial score (nSPS) is 13.1. The highest BCUT2D eigenvalue weighted by Crippen LogP contribution is 2.34. The minimum atomic E-state index is -4.50. The van der Waals surface area contributed by atoms with Crippen molar-refractivity contribution in [2.24, 2.45) is 0 Å². The predicted octanol–water partition coefficient (Wildman–Crippen LogP) is 4.40. The Bertz CT molecular complexity index is 656. The van der Waals surface area contributed by atoms with Crippen LogP contribution in [0.25, 0.3) is 0 Å². The molecule has 2 rings (SSSR count). The van der Waals surface area contributed by atoms with E-state index in [2.05, 4.69) is 5.32 Å². The Morgan fingerprint density at radius 3 is 2.57 bits per heavy atom. The molecule has 124 valence electrons. The Labute approximate surface area is 136 Å². The number of halogens is 3. The quantitative estimate of drug-likeness (QED) is 0.873. The number of hydrogen-bond donors (Lipinski definition) is 1. The summed E-state index contributed by atoms with van der Waals surface area (Å²) >= 11 is 1.57. The van der Waals surface area contributed by atoms with Gasteiger partial charge in [0.1, 0.15) is 0 Å². The molecule has 2 aromatic rings. The molecule has 0 aliphatic rings. The van der Waals surface area contributed by atoms with Gasteiger partial charge in [-0.05, 0) is 37.6 Å². The maximum atomic E-state index is 12.9. The third-order valence-electron chi connectivity index (χ3n) is 3.52. The zero-order chi connectivity index (χ0) is 17.0. The third-order valence-corrected chi connectivity index (χ3v) is 4.56. The lowest BCUT2D eigenvalue weighted by Gasteiger charge is -2.23. The van der Waals surface area contributed by atoms with Crippen LogP contribution < -0.4 is 5.32 Å². The van der Waals surface area contributed by atoms with Crippen LogP contribution in [-0.2, 0) is 11.0 Å². The molecule has 0 bridgehead atoms. The molecule has 1 atom stereocenters. The molecule has 1 heterocycles. The fourth-order valence-electron chi connectivity index (χ4n) is 2.14. The molecule has 0 aliphatic heterocycles. The summed E-state index contributed by atoms with van der Waals surface area (Å²) in [5, 5.41) is 4.29. The zero-order valence-corrected chi connectivity index (χ0v) is 13.5. The van der Waals surface area contributed by atoms with Crippen LogP contribution in [0.5, 0.6) is 0 Å². The van der Waals surface area contributed by atoms with E-state index in [4.69, 9.17) is 0 Å².